The molecule has 3 N–H and O–H groups in total. The molecule has 2 fully saturated rings. The highest BCUT2D eigenvalue weighted by Crippen LogP contribution is 2.30. The smallest absolute Gasteiger partial charge is 0.389 e. The highest BCUT2D eigenvalue weighted by atomic mass is 32.3. The molecular formula is C14H22N4O7S. The van der Waals surface area contributed by atoms with Crippen molar-refractivity contribution >= 4 is 22.3 Å². The number of allylic oxidation sites excluding steroid dienone is 3. The number of rotatable bonds is 8. The van der Waals surface area contributed by atoms with E-state index in [2.05, 4.69) is 15.1 Å². The van der Waals surface area contributed by atoms with Crippen molar-refractivity contribution in [3.8, 4) is 0 Å². The molecule has 2 saturated heterocycles. The van der Waals surface area contributed by atoms with Crippen LogP contribution in [0.25, 0.3) is 0 Å². The van der Waals surface area contributed by atoms with E-state index in [1.54, 1.807) is 13.1 Å². The van der Waals surface area contributed by atoms with Crippen LogP contribution in [-0.2, 0) is 24.3 Å². The number of nitrogens with zero attached hydrogens (tertiary/aromatic N) is 2. The normalized spacial score (nSPS) is 23.7. The summed E-state index contributed by atoms with van der Waals surface area (Å²) in [6.45, 7) is 2.09. The van der Waals surface area contributed by atoms with Gasteiger partial charge < -0.3 is 10.2 Å². The summed E-state index contributed by atoms with van der Waals surface area (Å²) in [6, 6.07) is -2.16. The van der Waals surface area contributed by atoms with E-state index in [0.717, 1.165) is 5.70 Å². The Bertz CT molecular complexity index is 706. The molecule has 2 aliphatic heterocycles. The molecule has 2 atom stereocenters. The lowest BCUT2D eigenvalue weighted by atomic mass is 10.0. The second-order valence-electron chi connectivity index (χ2n) is 5.73. The number of likely N-dealkylation sites (N-methyl/N-ethyl adjacent to an activating group) is 1. The first-order valence-electron chi connectivity index (χ1n) is 7.95. The molecule has 11 nitrogen and oxygen atoms in total. The van der Waals surface area contributed by atoms with Gasteiger partial charge in [0.1, 0.15) is 12.6 Å². The van der Waals surface area contributed by atoms with E-state index >= 15 is 0 Å². The molecule has 0 aliphatic carbocycles. The molecule has 26 heavy (non-hydrogen) atoms. The Kier molecular flexibility index (Phi) is 6.58. The van der Waals surface area contributed by atoms with Gasteiger partial charge >= 0.3 is 16.4 Å². The number of fused-ring (bicyclic) bond motifs is 2. The summed E-state index contributed by atoms with van der Waals surface area (Å²) in [5.41, 5.74) is 3.03. The SMILES string of the molecule is C/C=C\C=C(\CONC(=O)[C@@H]1CCC2CN1C(=O)N2OS(=O)(=O)O)NC. The first kappa shape index (κ1) is 20.2. The third kappa shape index (κ3) is 4.94. The zero-order valence-electron chi connectivity index (χ0n) is 14.4. The van der Waals surface area contributed by atoms with Crippen LogP contribution in [0.3, 0.4) is 0 Å². The van der Waals surface area contributed by atoms with Crippen LogP contribution in [0, 0.1) is 0 Å². The van der Waals surface area contributed by atoms with Crippen LogP contribution in [0.5, 0.6) is 0 Å². The second-order valence-corrected chi connectivity index (χ2v) is 6.74. The monoisotopic (exact) mass is 390 g/mol. The third-order valence-electron chi connectivity index (χ3n) is 4.01. The van der Waals surface area contributed by atoms with Crippen LogP contribution >= 0.6 is 0 Å². The molecule has 12 heteroatoms. The maximum absolute atomic E-state index is 12.3. The van der Waals surface area contributed by atoms with Crippen LogP contribution in [0.4, 0.5) is 4.79 Å². The molecular weight excluding hydrogens is 368 g/mol. The van der Waals surface area contributed by atoms with Crippen LogP contribution in [0.15, 0.2) is 23.9 Å². The summed E-state index contributed by atoms with van der Waals surface area (Å²) in [5, 5.41) is 3.50. The van der Waals surface area contributed by atoms with Gasteiger partial charge in [-0.1, -0.05) is 12.2 Å². The fourth-order valence-electron chi connectivity index (χ4n) is 2.77. The lowest BCUT2D eigenvalue weighted by Crippen LogP contribution is -2.49. The molecule has 0 aromatic heterocycles. The van der Waals surface area contributed by atoms with Crippen molar-refractivity contribution < 1.29 is 31.7 Å². The van der Waals surface area contributed by atoms with Crippen molar-refractivity contribution in [1.82, 2.24) is 20.8 Å². The minimum Gasteiger partial charge on any atom is -0.389 e. The van der Waals surface area contributed by atoms with E-state index in [1.807, 2.05) is 19.1 Å². The van der Waals surface area contributed by atoms with Crippen LogP contribution < -0.4 is 10.8 Å². The van der Waals surface area contributed by atoms with Gasteiger partial charge in [-0.25, -0.2) is 10.3 Å². The maximum Gasteiger partial charge on any atom is 0.418 e. The standard InChI is InChI=1S/C14H22N4O7S/c1-3-4-5-10(15-2)9-24-16-13(19)12-7-6-11-8-17(12)14(20)18(11)25-26(21,22)23/h3-5,11-12,15H,6-9H2,1-2H3,(H,16,19)(H,21,22,23)/b4-3-,10-5-/t11?,12-/m0/s1. The molecule has 0 aromatic rings. The maximum atomic E-state index is 12.3. The minimum absolute atomic E-state index is 0.105. The summed E-state index contributed by atoms with van der Waals surface area (Å²) >= 11 is 0. The zero-order chi connectivity index (χ0) is 19.3. The summed E-state index contributed by atoms with van der Waals surface area (Å²) in [7, 11) is -3.10. The van der Waals surface area contributed by atoms with Crippen molar-refractivity contribution in [1.29, 1.82) is 0 Å². The number of hydrogen-bond acceptors (Lipinski definition) is 7. The van der Waals surface area contributed by atoms with Crippen molar-refractivity contribution in [2.24, 2.45) is 0 Å². The quantitative estimate of drug-likeness (QED) is 0.292. The predicted octanol–water partition coefficient (Wildman–Crippen LogP) is -0.283. The highest BCUT2D eigenvalue weighted by molar-refractivity contribution is 7.80. The Morgan fingerprint density at radius 1 is 1.42 bits per heavy atom. The fraction of sp³-hybridized carbons (Fsp3) is 0.571. The topological polar surface area (TPSA) is 138 Å². The van der Waals surface area contributed by atoms with E-state index in [9.17, 15) is 18.0 Å². The third-order valence-corrected chi connectivity index (χ3v) is 4.36. The van der Waals surface area contributed by atoms with Gasteiger partial charge in [-0.2, -0.15) is 13.5 Å². The number of hydrogen-bond donors (Lipinski definition) is 3. The molecule has 0 spiro atoms. The summed E-state index contributed by atoms with van der Waals surface area (Å²) in [4.78, 5) is 30.9. The van der Waals surface area contributed by atoms with Crippen molar-refractivity contribution in [2.45, 2.75) is 31.8 Å². The Balaban J connectivity index is 1.92. The van der Waals surface area contributed by atoms with Gasteiger partial charge in [0, 0.05) is 19.3 Å². The Morgan fingerprint density at radius 3 is 2.77 bits per heavy atom. The number of piperidine rings is 1. The molecule has 146 valence electrons. The van der Waals surface area contributed by atoms with Crippen molar-refractivity contribution in [3.05, 3.63) is 23.9 Å². The predicted molar refractivity (Wildman–Crippen MR) is 89.4 cm³/mol. The van der Waals surface area contributed by atoms with E-state index in [-0.39, 0.29) is 13.2 Å². The average Bonchev–Trinajstić information content (AvgIpc) is 2.81. The average molecular weight is 390 g/mol. The van der Waals surface area contributed by atoms with Gasteiger partial charge in [-0.05, 0) is 25.8 Å². The lowest BCUT2D eigenvalue weighted by molar-refractivity contribution is -0.138. The minimum atomic E-state index is -4.82. The molecule has 0 saturated carbocycles. The van der Waals surface area contributed by atoms with Gasteiger partial charge in [-0.3, -0.25) is 14.2 Å². The first-order valence-corrected chi connectivity index (χ1v) is 9.31. The first-order chi connectivity index (χ1) is 12.3. The fourth-order valence-corrected chi connectivity index (χ4v) is 3.16. The Labute approximate surface area is 151 Å². The number of urea groups is 1. The van der Waals surface area contributed by atoms with Crippen LogP contribution in [-0.4, -0.2) is 67.2 Å². The van der Waals surface area contributed by atoms with E-state index in [0.29, 0.717) is 17.9 Å². The lowest BCUT2D eigenvalue weighted by Gasteiger charge is -2.28. The number of nitrogens with one attached hydrogen (secondary N) is 2. The van der Waals surface area contributed by atoms with Gasteiger partial charge in [0.25, 0.3) is 5.91 Å². The van der Waals surface area contributed by atoms with Crippen LogP contribution in [0.1, 0.15) is 19.8 Å². The molecule has 0 aromatic carbocycles. The molecule has 1 unspecified atom stereocenters. The molecule has 0 radical (unpaired) electrons. The Hall–Kier alpha value is -2.15. The largest absolute Gasteiger partial charge is 0.418 e. The molecule has 3 amide bonds. The number of hydroxylamine groups is 3. The van der Waals surface area contributed by atoms with Gasteiger partial charge in [-0.15, -0.1) is 4.28 Å². The number of carbonyl (C=O) groups excluding carboxylic acids is 2. The van der Waals surface area contributed by atoms with E-state index in [1.165, 1.54) is 4.90 Å². The summed E-state index contributed by atoms with van der Waals surface area (Å²) in [6.07, 6.45) is 6.09. The zero-order valence-corrected chi connectivity index (χ0v) is 15.2. The van der Waals surface area contributed by atoms with Gasteiger partial charge in [0.2, 0.25) is 0 Å². The highest BCUT2D eigenvalue weighted by Gasteiger charge is 2.49. The number of amides is 3. The van der Waals surface area contributed by atoms with Gasteiger partial charge in [0.15, 0.2) is 0 Å². The molecule has 2 bridgehead atoms. The van der Waals surface area contributed by atoms with Crippen molar-refractivity contribution in [3.63, 3.8) is 0 Å². The van der Waals surface area contributed by atoms with Crippen LogP contribution in [0.2, 0.25) is 0 Å². The summed E-state index contributed by atoms with van der Waals surface area (Å²) < 4.78 is 34.8. The molecule has 2 heterocycles. The number of carbonyl (C=O) groups is 2. The van der Waals surface area contributed by atoms with E-state index < -0.39 is 34.4 Å². The second kappa shape index (κ2) is 8.49. The Morgan fingerprint density at radius 2 is 2.15 bits per heavy atom. The molecule has 2 aliphatic rings. The van der Waals surface area contributed by atoms with Crippen molar-refractivity contribution in [2.75, 3.05) is 20.2 Å². The van der Waals surface area contributed by atoms with Gasteiger partial charge in [0.05, 0.1) is 6.04 Å². The summed E-state index contributed by atoms with van der Waals surface area (Å²) in [5.74, 6) is -0.521. The molecule has 2 rings (SSSR count). The van der Waals surface area contributed by atoms with E-state index in [4.69, 9.17) is 9.39 Å².